The first-order valence-electron chi connectivity index (χ1n) is 9.29. The number of aryl methyl sites for hydroxylation is 2. The summed E-state index contributed by atoms with van der Waals surface area (Å²) in [7, 11) is 0. The van der Waals surface area contributed by atoms with Gasteiger partial charge < -0.3 is 10.2 Å². The van der Waals surface area contributed by atoms with Gasteiger partial charge in [-0.1, -0.05) is 17.7 Å². The largest absolute Gasteiger partial charge is 0.369 e. The second-order valence-corrected chi connectivity index (χ2v) is 7.73. The van der Waals surface area contributed by atoms with Crippen LogP contribution >= 0.6 is 11.8 Å². The maximum atomic E-state index is 12.2. The summed E-state index contributed by atoms with van der Waals surface area (Å²) < 4.78 is 0. The Morgan fingerprint density at radius 3 is 2.39 bits per heavy atom. The Kier molecular flexibility index (Phi) is 6.90. The standard InChI is InChI=1S/C21H25N5OS/c1-4-9-25-10-12-26(13-11-25)19-7-5-18(6-8-19)24-20(27)15-28-21-22-16(2)14-17(3)23-21/h1,5-8,14H,9-13,15H2,2-3H3,(H,24,27). The van der Waals surface area contributed by atoms with E-state index in [4.69, 9.17) is 6.42 Å². The van der Waals surface area contributed by atoms with Gasteiger partial charge in [0.2, 0.25) is 5.91 Å². The van der Waals surface area contributed by atoms with Gasteiger partial charge in [0, 0.05) is 48.9 Å². The van der Waals surface area contributed by atoms with E-state index < -0.39 is 0 Å². The fourth-order valence-electron chi connectivity index (χ4n) is 3.13. The number of nitrogens with zero attached hydrogens (tertiary/aromatic N) is 4. The number of thioether (sulfide) groups is 1. The fourth-order valence-corrected chi connectivity index (χ4v) is 3.88. The van der Waals surface area contributed by atoms with Gasteiger partial charge in [0.05, 0.1) is 12.3 Å². The zero-order valence-corrected chi connectivity index (χ0v) is 17.1. The lowest BCUT2D eigenvalue weighted by Crippen LogP contribution is -2.46. The second kappa shape index (κ2) is 9.58. The number of hydrogen-bond donors (Lipinski definition) is 1. The molecule has 0 radical (unpaired) electrons. The van der Waals surface area contributed by atoms with E-state index in [1.54, 1.807) is 0 Å². The van der Waals surface area contributed by atoms with Crippen molar-refractivity contribution in [3.05, 3.63) is 41.7 Å². The summed E-state index contributed by atoms with van der Waals surface area (Å²) in [6.07, 6.45) is 5.38. The molecule has 146 valence electrons. The summed E-state index contributed by atoms with van der Waals surface area (Å²) in [4.78, 5) is 25.5. The zero-order valence-electron chi connectivity index (χ0n) is 16.3. The van der Waals surface area contributed by atoms with Crippen molar-refractivity contribution < 1.29 is 4.79 Å². The first kappa shape index (κ1) is 20.2. The number of amides is 1. The summed E-state index contributed by atoms with van der Waals surface area (Å²) in [6, 6.07) is 9.90. The van der Waals surface area contributed by atoms with Gasteiger partial charge >= 0.3 is 0 Å². The number of carbonyl (C=O) groups excluding carboxylic acids is 1. The molecule has 1 aromatic carbocycles. The van der Waals surface area contributed by atoms with Gasteiger partial charge in [-0.25, -0.2) is 9.97 Å². The molecule has 3 rings (SSSR count). The predicted octanol–water partition coefficient (Wildman–Crippen LogP) is 2.58. The fraction of sp³-hybridized carbons (Fsp3) is 0.381. The Labute approximate surface area is 170 Å². The van der Waals surface area contributed by atoms with Crippen LogP contribution in [-0.4, -0.2) is 59.3 Å². The summed E-state index contributed by atoms with van der Waals surface area (Å²) in [5, 5.41) is 3.56. The molecule has 1 aromatic heterocycles. The maximum absolute atomic E-state index is 12.2. The number of rotatable bonds is 6. The maximum Gasteiger partial charge on any atom is 0.234 e. The number of aromatic nitrogens is 2. The molecular weight excluding hydrogens is 370 g/mol. The number of terminal acetylenes is 1. The van der Waals surface area contributed by atoms with E-state index in [0.717, 1.165) is 48.9 Å². The molecule has 2 heterocycles. The lowest BCUT2D eigenvalue weighted by atomic mass is 10.2. The van der Waals surface area contributed by atoms with Crippen molar-refractivity contribution in [1.82, 2.24) is 14.9 Å². The van der Waals surface area contributed by atoms with Crippen molar-refractivity contribution in [3.8, 4) is 12.3 Å². The number of carbonyl (C=O) groups is 1. The molecule has 1 N–H and O–H groups in total. The highest BCUT2D eigenvalue weighted by Gasteiger charge is 2.16. The van der Waals surface area contributed by atoms with Crippen molar-refractivity contribution in [2.24, 2.45) is 0 Å². The van der Waals surface area contributed by atoms with E-state index in [9.17, 15) is 4.79 Å². The predicted molar refractivity (Wildman–Crippen MR) is 115 cm³/mol. The average molecular weight is 396 g/mol. The normalized spacial score (nSPS) is 14.5. The van der Waals surface area contributed by atoms with Crippen molar-refractivity contribution in [2.75, 3.05) is 48.7 Å². The molecule has 0 unspecified atom stereocenters. The van der Waals surface area contributed by atoms with Crippen LogP contribution in [0.4, 0.5) is 11.4 Å². The third kappa shape index (κ3) is 5.72. The average Bonchev–Trinajstić information content (AvgIpc) is 2.67. The van der Waals surface area contributed by atoms with Crippen molar-refractivity contribution in [2.45, 2.75) is 19.0 Å². The Balaban J connectivity index is 1.48. The smallest absolute Gasteiger partial charge is 0.234 e. The molecule has 6 nitrogen and oxygen atoms in total. The van der Waals surface area contributed by atoms with Gasteiger partial charge in [0.15, 0.2) is 5.16 Å². The minimum Gasteiger partial charge on any atom is -0.369 e. The quantitative estimate of drug-likeness (QED) is 0.461. The lowest BCUT2D eigenvalue weighted by molar-refractivity contribution is -0.113. The second-order valence-electron chi connectivity index (χ2n) is 6.78. The van der Waals surface area contributed by atoms with Crippen molar-refractivity contribution in [3.63, 3.8) is 0 Å². The monoisotopic (exact) mass is 395 g/mol. The number of nitrogens with one attached hydrogen (secondary N) is 1. The van der Waals surface area contributed by atoms with E-state index in [0.29, 0.717) is 11.7 Å². The van der Waals surface area contributed by atoms with E-state index >= 15 is 0 Å². The molecule has 1 aliphatic heterocycles. The number of anilines is 2. The molecule has 2 aromatic rings. The minimum absolute atomic E-state index is 0.0663. The Morgan fingerprint density at radius 2 is 1.79 bits per heavy atom. The van der Waals surface area contributed by atoms with Crippen LogP contribution in [0.25, 0.3) is 0 Å². The number of hydrogen-bond acceptors (Lipinski definition) is 6. The molecule has 1 saturated heterocycles. The summed E-state index contributed by atoms with van der Waals surface area (Å²) >= 11 is 1.34. The van der Waals surface area contributed by atoms with Crippen molar-refractivity contribution >= 4 is 29.0 Å². The first-order chi connectivity index (χ1) is 13.5. The van der Waals surface area contributed by atoms with Crippen LogP contribution in [0.5, 0.6) is 0 Å². The molecule has 28 heavy (non-hydrogen) atoms. The Bertz CT molecular complexity index is 834. The molecule has 0 aliphatic carbocycles. The van der Waals surface area contributed by atoms with Crippen LogP contribution < -0.4 is 10.2 Å². The van der Waals surface area contributed by atoms with Gasteiger partial charge in [-0.2, -0.15) is 0 Å². The van der Waals surface area contributed by atoms with E-state index in [1.807, 2.05) is 44.2 Å². The van der Waals surface area contributed by atoms with Crippen LogP contribution in [0.2, 0.25) is 0 Å². The Morgan fingerprint density at radius 1 is 1.14 bits per heavy atom. The third-order valence-electron chi connectivity index (χ3n) is 4.50. The third-order valence-corrected chi connectivity index (χ3v) is 5.34. The molecule has 1 aliphatic rings. The molecular formula is C21H25N5OS. The molecule has 7 heteroatoms. The van der Waals surface area contributed by atoms with Crippen LogP contribution in [0.1, 0.15) is 11.4 Å². The van der Waals surface area contributed by atoms with Crippen LogP contribution in [0.15, 0.2) is 35.5 Å². The summed E-state index contributed by atoms with van der Waals surface area (Å²) in [5.74, 6) is 2.91. The lowest BCUT2D eigenvalue weighted by Gasteiger charge is -2.35. The molecule has 0 spiro atoms. The molecule has 0 saturated carbocycles. The minimum atomic E-state index is -0.0663. The first-order valence-corrected chi connectivity index (χ1v) is 10.3. The van der Waals surface area contributed by atoms with Gasteiger partial charge in [-0.3, -0.25) is 9.69 Å². The molecule has 1 fully saturated rings. The Hall–Kier alpha value is -2.56. The van der Waals surface area contributed by atoms with Crippen molar-refractivity contribution in [1.29, 1.82) is 0 Å². The summed E-state index contributed by atoms with van der Waals surface area (Å²) in [6.45, 7) is 8.43. The van der Waals surface area contributed by atoms with Gasteiger partial charge in [0.1, 0.15) is 0 Å². The van der Waals surface area contributed by atoms with Crippen LogP contribution in [0.3, 0.4) is 0 Å². The number of benzene rings is 1. The SMILES string of the molecule is C#CCN1CCN(c2ccc(NC(=O)CSc3nc(C)cc(C)n3)cc2)CC1. The zero-order chi connectivity index (χ0) is 19.9. The molecule has 0 bridgehead atoms. The van der Waals surface area contributed by atoms with Crippen LogP contribution in [0, 0.1) is 26.2 Å². The van der Waals surface area contributed by atoms with Gasteiger partial charge in [-0.05, 0) is 44.2 Å². The van der Waals surface area contributed by atoms with E-state index in [-0.39, 0.29) is 11.7 Å². The summed E-state index contributed by atoms with van der Waals surface area (Å²) in [5.41, 5.74) is 3.77. The topological polar surface area (TPSA) is 61.4 Å². The van der Waals surface area contributed by atoms with Gasteiger partial charge in [-0.15, -0.1) is 6.42 Å². The van der Waals surface area contributed by atoms with E-state index in [1.165, 1.54) is 11.8 Å². The van der Waals surface area contributed by atoms with Crippen LogP contribution in [-0.2, 0) is 4.79 Å². The highest BCUT2D eigenvalue weighted by atomic mass is 32.2. The number of piperazine rings is 1. The molecule has 0 atom stereocenters. The highest BCUT2D eigenvalue weighted by molar-refractivity contribution is 7.99. The van der Waals surface area contributed by atoms with E-state index in [2.05, 4.69) is 31.0 Å². The molecule has 1 amide bonds. The highest BCUT2D eigenvalue weighted by Crippen LogP contribution is 2.20. The van der Waals surface area contributed by atoms with Gasteiger partial charge in [0.25, 0.3) is 0 Å².